The van der Waals surface area contributed by atoms with Gasteiger partial charge in [-0.05, 0) is 116 Å². The number of carbonyl (C=O) groups excluding carboxylic acids is 1. The van der Waals surface area contributed by atoms with Crippen molar-refractivity contribution in [3.8, 4) is 0 Å². The van der Waals surface area contributed by atoms with Crippen molar-refractivity contribution < 1.29 is 30.0 Å². The first-order valence-electron chi connectivity index (χ1n) is 35.0. The van der Waals surface area contributed by atoms with Gasteiger partial charge in [0.25, 0.3) is 0 Å². The van der Waals surface area contributed by atoms with Crippen LogP contribution in [0.2, 0.25) is 0 Å². The van der Waals surface area contributed by atoms with Crippen LogP contribution in [0.5, 0.6) is 0 Å². The summed E-state index contributed by atoms with van der Waals surface area (Å²) in [5.41, 5.74) is 0. The molecule has 84 heavy (non-hydrogen) atoms. The van der Waals surface area contributed by atoms with Crippen molar-refractivity contribution in [3.05, 3.63) is 72.9 Å². The van der Waals surface area contributed by atoms with Gasteiger partial charge in [-0.3, -0.25) is 24.4 Å². The Morgan fingerprint density at radius 1 is 0.452 bits per heavy atom. The number of allylic oxidation sites excluding steroid dienone is 12. The number of piperazine rings is 1. The number of aliphatic hydroxyl groups is 4. The van der Waals surface area contributed by atoms with Gasteiger partial charge in [0.1, 0.15) is 6.61 Å². The van der Waals surface area contributed by atoms with Crippen LogP contribution >= 0.6 is 21.6 Å². The Labute approximate surface area is 527 Å². The first-order chi connectivity index (χ1) is 41.1. The van der Waals surface area contributed by atoms with E-state index in [1.807, 2.05) is 21.6 Å². The molecule has 0 radical (unpaired) electrons. The molecule has 0 spiro atoms. The van der Waals surface area contributed by atoms with E-state index in [0.717, 1.165) is 192 Å². The highest BCUT2D eigenvalue weighted by molar-refractivity contribution is 8.76. The van der Waals surface area contributed by atoms with Crippen molar-refractivity contribution in [1.82, 2.24) is 19.6 Å². The number of carbonyl (C=O) groups is 1. The second-order valence-corrected chi connectivity index (χ2v) is 27.0. The summed E-state index contributed by atoms with van der Waals surface area (Å²) in [5.74, 6) is 1.99. The molecule has 12 heteroatoms. The SMILES string of the molecule is CC/C=C\C/C=C\C/C=C\CCCCCCC(O)CN(CCCSSCCN1CCN(CCOC(=O)CCC(C)N(CC(O)CCCCCCCC)CC(O)CCCCCCCC)CC1)CC(O)CCCCCC/C=C\C/C=C\C/C=C\CC. The van der Waals surface area contributed by atoms with E-state index in [2.05, 4.69) is 127 Å². The fourth-order valence-electron chi connectivity index (χ4n) is 10.9. The molecule has 5 atom stereocenters. The number of hydrogen-bond acceptors (Lipinski definition) is 12. The van der Waals surface area contributed by atoms with Crippen LogP contribution in [0.4, 0.5) is 0 Å². The summed E-state index contributed by atoms with van der Waals surface area (Å²) in [7, 11) is 3.92. The van der Waals surface area contributed by atoms with Gasteiger partial charge in [-0.2, -0.15) is 0 Å². The molecule has 0 aromatic carbocycles. The zero-order valence-electron chi connectivity index (χ0n) is 55.2. The average molecular weight is 1220 g/mol. The number of nitrogens with zero attached hydrogens (tertiary/aromatic N) is 4. The number of esters is 1. The maximum atomic E-state index is 13.0. The normalized spacial score (nSPS) is 15.9. The van der Waals surface area contributed by atoms with Gasteiger partial charge in [0, 0.05) is 89.4 Å². The summed E-state index contributed by atoms with van der Waals surface area (Å²) < 4.78 is 5.76. The van der Waals surface area contributed by atoms with Gasteiger partial charge in [0.2, 0.25) is 0 Å². The predicted octanol–water partition coefficient (Wildman–Crippen LogP) is 17.0. The maximum absolute atomic E-state index is 13.0. The largest absolute Gasteiger partial charge is 0.464 e. The molecule has 4 N–H and O–H groups in total. The zero-order chi connectivity index (χ0) is 61.0. The lowest BCUT2D eigenvalue weighted by Crippen LogP contribution is -2.47. The lowest BCUT2D eigenvalue weighted by molar-refractivity contribution is -0.144. The van der Waals surface area contributed by atoms with Crippen molar-refractivity contribution in [1.29, 1.82) is 0 Å². The summed E-state index contributed by atoms with van der Waals surface area (Å²) in [6.45, 7) is 20.5. The standard InChI is InChI=1S/C72H134N4O6S2/c1-6-10-14-18-22-24-26-28-30-32-34-36-40-42-47-68(77)63-75(64-69(78)48-43-41-37-35-33-31-29-27-25-23-19-15-11-7-2)53-46-61-83-84-62-59-74-56-54-73(55-57-74)58-60-82-72(81)52-51-67(5)76(65-70(79)49-44-38-20-16-12-8-3)66-71(80)50-45-39-21-17-13-9-4/h10-11,14-15,22-25,28-31,67-71,77-80H,6-9,12-13,16-21,26-27,32-66H2,1-5H3/b14-10-,15-11-,24-22-,25-23-,30-28-,31-29-. The smallest absolute Gasteiger partial charge is 0.305 e. The molecule has 0 aromatic rings. The minimum absolute atomic E-state index is 0.0657. The first kappa shape index (κ1) is 80.3. The van der Waals surface area contributed by atoms with Crippen LogP contribution in [0, 0.1) is 0 Å². The van der Waals surface area contributed by atoms with E-state index >= 15 is 0 Å². The molecule has 1 heterocycles. The number of rotatable bonds is 61. The number of unbranched alkanes of at least 4 members (excludes halogenated alkanes) is 18. The van der Waals surface area contributed by atoms with Gasteiger partial charge in [-0.15, -0.1) is 0 Å². The van der Waals surface area contributed by atoms with E-state index in [9.17, 15) is 25.2 Å². The van der Waals surface area contributed by atoms with Crippen LogP contribution < -0.4 is 0 Å². The predicted molar refractivity (Wildman–Crippen MR) is 369 cm³/mol. The Hall–Kier alpha value is -1.71. The minimum atomic E-state index is -0.424. The molecule has 0 bridgehead atoms. The molecular formula is C72H134N4O6S2. The summed E-state index contributed by atoms with van der Waals surface area (Å²) in [6.07, 6.45) is 62.9. The molecule has 1 aliphatic rings. The van der Waals surface area contributed by atoms with Crippen molar-refractivity contribution in [3.63, 3.8) is 0 Å². The summed E-state index contributed by atoms with van der Waals surface area (Å²) in [5, 5.41) is 44.4. The molecule has 490 valence electrons. The molecule has 0 saturated carbocycles. The summed E-state index contributed by atoms with van der Waals surface area (Å²) in [4.78, 5) is 22.5. The molecule has 10 nitrogen and oxygen atoms in total. The lowest BCUT2D eigenvalue weighted by Gasteiger charge is -2.34. The van der Waals surface area contributed by atoms with E-state index in [-0.39, 0.29) is 24.2 Å². The van der Waals surface area contributed by atoms with Gasteiger partial charge in [-0.25, -0.2) is 0 Å². The Kier molecular flexibility index (Phi) is 58.8. The lowest BCUT2D eigenvalue weighted by atomic mass is 10.0. The van der Waals surface area contributed by atoms with Gasteiger partial charge >= 0.3 is 5.97 Å². The number of hydrogen-bond donors (Lipinski definition) is 4. The topological polar surface area (TPSA) is 120 Å². The minimum Gasteiger partial charge on any atom is -0.464 e. The van der Waals surface area contributed by atoms with Crippen molar-refractivity contribution in [2.45, 2.75) is 290 Å². The Morgan fingerprint density at radius 3 is 1.29 bits per heavy atom. The van der Waals surface area contributed by atoms with E-state index in [1.165, 1.54) is 77.0 Å². The molecule has 0 aromatic heterocycles. The Balaban J connectivity index is 2.45. The van der Waals surface area contributed by atoms with Gasteiger partial charge in [0.05, 0.1) is 24.4 Å². The quantitative estimate of drug-likeness (QED) is 0.0201. The summed E-state index contributed by atoms with van der Waals surface area (Å²) >= 11 is 0. The molecule has 1 fully saturated rings. The zero-order valence-corrected chi connectivity index (χ0v) is 56.8. The Bertz CT molecular complexity index is 1520. The van der Waals surface area contributed by atoms with E-state index < -0.39 is 12.2 Å². The second-order valence-electron chi connectivity index (χ2n) is 24.3. The fourth-order valence-corrected chi connectivity index (χ4v) is 13.0. The third kappa shape index (κ3) is 53.3. The molecule has 1 saturated heterocycles. The third-order valence-electron chi connectivity index (χ3n) is 16.3. The van der Waals surface area contributed by atoms with Crippen molar-refractivity contribution >= 4 is 27.6 Å². The van der Waals surface area contributed by atoms with Gasteiger partial charge in [-0.1, -0.05) is 238 Å². The van der Waals surface area contributed by atoms with Gasteiger partial charge in [0.15, 0.2) is 0 Å². The van der Waals surface area contributed by atoms with Crippen molar-refractivity contribution in [2.75, 3.05) is 90.1 Å². The molecule has 0 amide bonds. The first-order valence-corrected chi connectivity index (χ1v) is 37.5. The van der Waals surface area contributed by atoms with Crippen LogP contribution in [-0.4, -0.2) is 167 Å². The van der Waals surface area contributed by atoms with Crippen LogP contribution in [0.3, 0.4) is 0 Å². The Morgan fingerprint density at radius 2 is 0.833 bits per heavy atom. The van der Waals surface area contributed by atoms with Crippen LogP contribution in [0.15, 0.2) is 72.9 Å². The molecular weight excluding hydrogens is 1080 g/mol. The maximum Gasteiger partial charge on any atom is 0.305 e. The van der Waals surface area contributed by atoms with Crippen molar-refractivity contribution in [2.24, 2.45) is 0 Å². The summed E-state index contributed by atoms with van der Waals surface area (Å²) in [6, 6.07) is 0.0657. The molecule has 1 aliphatic heterocycles. The highest BCUT2D eigenvalue weighted by Crippen LogP contribution is 2.23. The monoisotopic (exact) mass is 1210 g/mol. The third-order valence-corrected chi connectivity index (χ3v) is 18.8. The van der Waals surface area contributed by atoms with Gasteiger partial charge < -0.3 is 25.2 Å². The second kappa shape index (κ2) is 61.5. The van der Waals surface area contributed by atoms with Crippen LogP contribution in [0.25, 0.3) is 0 Å². The highest BCUT2D eigenvalue weighted by Gasteiger charge is 2.23. The molecule has 0 aliphatic carbocycles. The van der Waals surface area contributed by atoms with E-state index in [4.69, 9.17) is 4.74 Å². The number of aliphatic hydroxyl groups excluding tert-OH is 4. The van der Waals surface area contributed by atoms with Crippen LogP contribution in [0.1, 0.15) is 259 Å². The molecule has 1 rings (SSSR count). The average Bonchev–Trinajstić information content (AvgIpc) is 3.54. The van der Waals surface area contributed by atoms with E-state index in [1.54, 1.807) is 0 Å². The molecule has 5 unspecified atom stereocenters. The van der Waals surface area contributed by atoms with Crippen LogP contribution in [-0.2, 0) is 9.53 Å². The highest BCUT2D eigenvalue weighted by atomic mass is 33.1. The fraction of sp³-hybridized carbons (Fsp3) is 0.819. The van der Waals surface area contributed by atoms with E-state index in [0.29, 0.717) is 45.6 Å². The number of ether oxygens (including phenoxy) is 1.